The molecule has 4 aromatic rings. The minimum atomic E-state index is -4.74. The standard InChI is InChI=1S/C29H20F8O.2C2H6/c1-2-3-4-16-5-7-17(8-6-16)18-9-10-21(22(30)11-18)19-12-23(31)27(24(32)13-19)29(36,37)38-20-14-25(33)28(35)26(34)15-20;2*1-2/h5-15H,2-4H2,1H3;2*1-2H3. The minimum Gasteiger partial charge on any atom is -0.429 e. The number of benzene rings is 4. The first-order valence-electron chi connectivity index (χ1n) is 13.6. The zero-order chi connectivity index (χ0) is 31.6. The third-order valence-electron chi connectivity index (χ3n) is 5.92. The van der Waals surface area contributed by atoms with Crippen LogP contribution < -0.4 is 4.74 Å². The maximum absolute atomic E-state index is 14.9. The molecule has 4 aromatic carbocycles. The number of ether oxygens (including phenoxy) is 1. The molecule has 0 atom stereocenters. The molecule has 1 nitrogen and oxygen atoms in total. The van der Waals surface area contributed by atoms with E-state index in [-0.39, 0.29) is 23.3 Å². The molecular weight excluding hydrogens is 564 g/mol. The van der Waals surface area contributed by atoms with Crippen molar-refractivity contribution in [2.24, 2.45) is 0 Å². The van der Waals surface area contributed by atoms with Crippen LogP contribution in [0.4, 0.5) is 35.1 Å². The van der Waals surface area contributed by atoms with Gasteiger partial charge in [-0.1, -0.05) is 77.4 Å². The van der Waals surface area contributed by atoms with Gasteiger partial charge in [0.15, 0.2) is 17.5 Å². The van der Waals surface area contributed by atoms with E-state index < -0.39 is 52.3 Å². The van der Waals surface area contributed by atoms with Crippen molar-refractivity contribution >= 4 is 0 Å². The third kappa shape index (κ3) is 8.11. The van der Waals surface area contributed by atoms with Crippen LogP contribution in [0.5, 0.6) is 5.75 Å². The highest BCUT2D eigenvalue weighted by atomic mass is 19.3. The molecule has 0 heterocycles. The molecule has 0 aliphatic heterocycles. The fourth-order valence-corrected chi connectivity index (χ4v) is 3.97. The molecule has 0 unspecified atom stereocenters. The van der Waals surface area contributed by atoms with Crippen LogP contribution in [-0.4, -0.2) is 0 Å². The van der Waals surface area contributed by atoms with Crippen molar-refractivity contribution in [2.45, 2.75) is 60.0 Å². The van der Waals surface area contributed by atoms with Crippen LogP contribution in [0.25, 0.3) is 22.3 Å². The largest absolute Gasteiger partial charge is 0.432 e. The molecule has 0 fully saturated rings. The third-order valence-corrected chi connectivity index (χ3v) is 5.92. The SMILES string of the molecule is CC.CC.CCCCc1ccc(-c2ccc(-c3cc(F)c(C(F)(F)Oc4cc(F)c(F)c(F)c4)c(F)c3)c(F)c2)cc1. The molecule has 0 saturated carbocycles. The van der Waals surface area contributed by atoms with Gasteiger partial charge >= 0.3 is 6.11 Å². The van der Waals surface area contributed by atoms with Gasteiger partial charge in [-0.3, -0.25) is 0 Å². The van der Waals surface area contributed by atoms with Crippen molar-refractivity contribution in [3.8, 4) is 28.0 Å². The Morgan fingerprint density at radius 1 is 0.595 bits per heavy atom. The molecule has 0 bridgehead atoms. The highest BCUT2D eigenvalue weighted by molar-refractivity contribution is 5.71. The summed E-state index contributed by atoms with van der Waals surface area (Å²) in [7, 11) is 0. The van der Waals surface area contributed by atoms with Gasteiger partial charge in [0, 0.05) is 17.7 Å². The Hall–Kier alpha value is -3.88. The number of hydrogen-bond acceptors (Lipinski definition) is 1. The number of halogens is 8. The number of alkyl halides is 2. The van der Waals surface area contributed by atoms with Crippen LogP contribution >= 0.6 is 0 Å². The Balaban J connectivity index is 0.00000148. The average molecular weight is 597 g/mol. The monoisotopic (exact) mass is 596 g/mol. The maximum Gasteiger partial charge on any atom is 0.432 e. The zero-order valence-electron chi connectivity index (χ0n) is 23.9. The van der Waals surface area contributed by atoms with Crippen molar-refractivity contribution in [3.63, 3.8) is 0 Å². The first kappa shape index (κ1) is 34.3. The molecule has 0 radical (unpaired) electrons. The molecule has 0 aliphatic carbocycles. The molecule has 0 aliphatic rings. The van der Waals surface area contributed by atoms with Gasteiger partial charge in [0.1, 0.15) is 28.8 Å². The second-order valence-electron chi connectivity index (χ2n) is 8.63. The fourth-order valence-electron chi connectivity index (χ4n) is 3.97. The highest BCUT2D eigenvalue weighted by Gasteiger charge is 2.41. The van der Waals surface area contributed by atoms with Crippen LogP contribution in [-0.2, 0) is 12.5 Å². The van der Waals surface area contributed by atoms with Gasteiger partial charge in [-0.05, 0) is 53.3 Å². The van der Waals surface area contributed by atoms with Crippen molar-refractivity contribution in [1.82, 2.24) is 0 Å². The van der Waals surface area contributed by atoms with E-state index >= 15 is 0 Å². The van der Waals surface area contributed by atoms with E-state index in [2.05, 4.69) is 11.7 Å². The number of hydrogen-bond donors (Lipinski definition) is 0. The summed E-state index contributed by atoms with van der Waals surface area (Å²) in [5.74, 6) is -11.2. The van der Waals surface area contributed by atoms with E-state index in [1.54, 1.807) is 0 Å². The zero-order valence-corrected chi connectivity index (χ0v) is 23.9. The molecule has 0 N–H and O–H groups in total. The molecular formula is C33H32F8O. The molecule has 0 aromatic heterocycles. The molecule has 0 amide bonds. The summed E-state index contributed by atoms with van der Waals surface area (Å²) >= 11 is 0. The predicted octanol–water partition coefficient (Wildman–Crippen LogP) is 11.4. The number of rotatable bonds is 8. The summed E-state index contributed by atoms with van der Waals surface area (Å²) in [6.45, 7) is 10.1. The van der Waals surface area contributed by atoms with Crippen LogP contribution in [0, 0.1) is 34.9 Å². The molecule has 0 saturated heterocycles. The average Bonchev–Trinajstić information content (AvgIpc) is 2.96. The summed E-state index contributed by atoms with van der Waals surface area (Å²) in [6, 6.07) is 12.6. The van der Waals surface area contributed by atoms with Crippen LogP contribution in [0.3, 0.4) is 0 Å². The first-order valence-corrected chi connectivity index (χ1v) is 13.6. The Labute approximate surface area is 240 Å². The molecule has 226 valence electrons. The van der Waals surface area contributed by atoms with Crippen molar-refractivity contribution in [3.05, 3.63) is 113 Å². The topological polar surface area (TPSA) is 9.23 Å². The van der Waals surface area contributed by atoms with Crippen molar-refractivity contribution < 1.29 is 39.9 Å². The highest BCUT2D eigenvalue weighted by Crippen LogP contribution is 2.38. The quantitative estimate of drug-likeness (QED) is 0.145. The smallest absolute Gasteiger partial charge is 0.429 e. The van der Waals surface area contributed by atoms with E-state index in [1.807, 2.05) is 52.0 Å². The summed E-state index contributed by atoms with van der Waals surface area (Å²) in [5.41, 5.74) is -0.124. The van der Waals surface area contributed by atoms with Gasteiger partial charge in [0.2, 0.25) is 0 Å². The lowest BCUT2D eigenvalue weighted by Gasteiger charge is -2.20. The number of unbranched alkanes of at least 4 members (excludes halogenated alkanes) is 1. The summed E-state index contributed by atoms with van der Waals surface area (Å²) in [4.78, 5) is 0. The van der Waals surface area contributed by atoms with E-state index in [1.165, 1.54) is 12.1 Å². The van der Waals surface area contributed by atoms with Gasteiger partial charge < -0.3 is 4.74 Å². The van der Waals surface area contributed by atoms with Gasteiger partial charge in [-0.15, -0.1) is 0 Å². The van der Waals surface area contributed by atoms with Gasteiger partial charge in [0.05, 0.1) is 0 Å². The normalized spacial score (nSPS) is 10.8. The number of aryl methyl sites for hydroxylation is 1. The van der Waals surface area contributed by atoms with Crippen molar-refractivity contribution in [1.29, 1.82) is 0 Å². The molecule has 42 heavy (non-hydrogen) atoms. The van der Waals surface area contributed by atoms with E-state index in [0.29, 0.717) is 23.3 Å². The Kier molecular flexibility index (Phi) is 12.6. The van der Waals surface area contributed by atoms with E-state index in [4.69, 9.17) is 0 Å². The van der Waals surface area contributed by atoms with Gasteiger partial charge in [-0.25, -0.2) is 26.3 Å². The maximum atomic E-state index is 14.9. The lowest BCUT2D eigenvalue weighted by Crippen LogP contribution is -2.25. The minimum absolute atomic E-state index is 0.103. The summed E-state index contributed by atoms with van der Waals surface area (Å²) in [6.07, 6.45) is -1.74. The van der Waals surface area contributed by atoms with Gasteiger partial charge in [-0.2, -0.15) is 8.78 Å². The van der Waals surface area contributed by atoms with E-state index in [0.717, 1.165) is 30.9 Å². The Morgan fingerprint density at radius 2 is 1.10 bits per heavy atom. The van der Waals surface area contributed by atoms with Gasteiger partial charge in [0.25, 0.3) is 0 Å². The fraction of sp³-hybridized carbons (Fsp3) is 0.273. The second kappa shape index (κ2) is 15.4. The summed E-state index contributed by atoms with van der Waals surface area (Å²) in [5, 5.41) is 0. The predicted molar refractivity (Wildman–Crippen MR) is 149 cm³/mol. The lowest BCUT2D eigenvalue weighted by molar-refractivity contribution is -0.189. The van der Waals surface area contributed by atoms with Crippen molar-refractivity contribution in [2.75, 3.05) is 0 Å². The van der Waals surface area contributed by atoms with Crippen LogP contribution in [0.15, 0.2) is 66.7 Å². The van der Waals surface area contributed by atoms with E-state index in [9.17, 15) is 35.1 Å². The molecule has 0 spiro atoms. The molecule has 4 rings (SSSR count). The van der Waals surface area contributed by atoms with Crippen LogP contribution in [0.2, 0.25) is 0 Å². The second-order valence-corrected chi connectivity index (χ2v) is 8.63. The Bertz CT molecular complexity index is 1420. The summed E-state index contributed by atoms with van der Waals surface area (Å²) < 4.78 is 117. The first-order chi connectivity index (χ1) is 20.0. The Morgan fingerprint density at radius 3 is 1.60 bits per heavy atom. The molecule has 9 heteroatoms. The van der Waals surface area contributed by atoms with Crippen LogP contribution in [0.1, 0.15) is 58.6 Å². The lowest BCUT2D eigenvalue weighted by atomic mass is 9.97.